The molecule has 0 saturated carbocycles. The van der Waals surface area contributed by atoms with E-state index in [4.69, 9.17) is 4.74 Å². The number of aliphatic hydroxyl groups excluding tert-OH is 1. The lowest BCUT2D eigenvalue weighted by molar-refractivity contribution is -0.0000113. The first-order valence-corrected chi connectivity index (χ1v) is 8.74. The quantitative estimate of drug-likeness (QED) is 0.705. The van der Waals surface area contributed by atoms with E-state index in [1.165, 1.54) is 6.07 Å². The number of β-amino-alcohol motifs (C(OH)–C–C–N with tert-alkyl or cyclic N) is 1. The number of para-hydroxylation sites is 1. The van der Waals surface area contributed by atoms with Crippen molar-refractivity contribution in [3.05, 3.63) is 66.0 Å². The van der Waals surface area contributed by atoms with Crippen molar-refractivity contribution >= 4 is 5.69 Å². The normalized spacial score (nSPS) is 16.2. The summed E-state index contributed by atoms with van der Waals surface area (Å²) in [6.45, 7) is 4.56. The average molecular weight is 380 g/mol. The van der Waals surface area contributed by atoms with Crippen LogP contribution >= 0.6 is 0 Å². The minimum Gasteiger partial charge on any atom is -1.00 e. The van der Waals surface area contributed by atoms with Crippen LogP contribution in [0.25, 0.3) is 0 Å². The molecule has 0 aliphatic carbocycles. The van der Waals surface area contributed by atoms with Crippen molar-refractivity contribution in [2.24, 2.45) is 0 Å². The molecule has 1 saturated heterocycles. The van der Waals surface area contributed by atoms with Crippen LogP contribution in [0.4, 0.5) is 10.1 Å². The first-order chi connectivity index (χ1) is 12.2. The second kappa shape index (κ2) is 10.5. The zero-order chi connectivity index (χ0) is 17.5. The third-order valence-electron chi connectivity index (χ3n) is 4.46. The Kier molecular flexibility index (Phi) is 8.32. The molecule has 0 radical (unpaired) electrons. The van der Waals surface area contributed by atoms with Gasteiger partial charge in [0.1, 0.15) is 5.82 Å². The second-order valence-corrected chi connectivity index (χ2v) is 6.39. The van der Waals surface area contributed by atoms with Crippen molar-refractivity contribution in [1.29, 1.82) is 0 Å². The number of nitrogens with zero attached hydrogens (tertiary/aromatic N) is 2. The number of benzene rings is 2. The molecule has 6 heteroatoms. The lowest BCUT2D eigenvalue weighted by Gasteiger charge is -2.36. The van der Waals surface area contributed by atoms with Crippen LogP contribution < -0.4 is 17.3 Å². The minimum atomic E-state index is -0.510. The fourth-order valence-corrected chi connectivity index (χ4v) is 3.12. The summed E-state index contributed by atoms with van der Waals surface area (Å²) in [5.41, 5.74) is 1.77. The summed E-state index contributed by atoms with van der Waals surface area (Å²) >= 11 is 0. The molecule has 26 heavy (non-hydrogen) atoms. The highest BCUT2D eigenvalue weighted by molar-refractivity contribution is 5.47. The maximum Gasteiger partial charge on any atom is 0.146 e. The van der Waals surface area contributed by atoms with Crippen molar-refractivity contribution in [2.75, 3.05) is 44.2 Å². The SMILES string of the molecule is OC(COCc1ccccc1)CN1CCN(c2ccccc2F)CC1.[Cl-]. The predicted octanol–water partition coefficient (Wildman–Crippen LogP) is -0.471. The molecule has 3 rings (SSSR count). The van der Waals surface area contributed by atoms with Crippen molar-refractivity contribution in [3.63, 3.8) is 0 Å². The van der Waals surface area contributed by atoms with Gasteiger partial charge in [-0.15, -0.1) is 0 Å². The molecule has 1 fully saturated rings. The molecular formula is C20H25ClFN2O2-. The van der Waals surface area contributed by atoms with E-state index in [2.05, 4.69) is 9.80 Å². The molecule has 0 spiro atoms. The van der Waals surface area contributed by atoms with E-state index >= 15 is 0 Å². The highest BCUT2D eigenvalue weighted by atomic mass is 35.5. The molecule has 1 aliphatic heterocycles. The van der Waals surface area contributed by atoms with E-state index in [1.807, 2.05) is 42.5 Å². The number of halogens is 2. The van der Waals surface area contributed by atoms with Gasteiger partial charge in [0.15, 0.2) is 0 Å². The number of rotatable bonds is 7. The number of piperazine rings is 1. The topological polar surface area (TPSA) is 35.9 Å². The Labute approximate surface area is 160 Å². The van der Waals surface area contributed by atoms with Crippen molar-refractivity contribution in [3.8, 4) is 0 Å². The Bertz CT molecular complexity index is 651. The molecule has 0 aromatic heterocycles. The average Bonchev–Trinajstić information content (AvgIpc) is 2.64. The smallest absolute Gasteiger partial charge is 0.146 e. The standard InChI is InChI=1S/C20H25FN2O2.ClH/c21-19-8-4-5-9-20(19)23-12-10-22(11-13-23)14-18(24)16-25-15-17-6-2-1-3-7-17;/h1-9,18,24H,10-16H2;1H/p-1. The Morgan fingerprint density at radius 1 is 0.962 bits per heavy atom. The van der Waals surface area contributed by atoms with Gasteiger partial charge in [-0.1, -0.05) is 42.5 Å². The van der Waals surface area contributed by atoms with Crippen molar-refractivity contribution in [1.82, 2.24) is 4.90 Å². The number of anilines is 1. The molecule has 1 unspecified atom stereocenters. The number of hydrogen-bond acceptors (Lipinski definition) is 4. The molecule has 1 N–H and O–H groups in total. The highest BCUT2D eigenvalue weighted by Crippen LogP contribution is 2.20. The van der Waals surface area contributed by atoms with E-state index in [1.54, 1.807) is 6.07 Å². The maximum absolute atomic E-state index is 13.8. The van der Waals surface area contributed by atoms with Gasteiger partial charge in [-0.2, -0.15) is 0 Å². The third kappa shape index (κ3) is 5.95. The lowest BCUT2D eigenvalue weighted by atomic mass is 10.2. The number of aliphatic hydroxyl groups is 1. The summed E-state index contributed by atoms with van der Waals surface area (Å²) in [5.74, 6) is -0.176. The highest BCUT2D eigenvalue weighted by Gasteiger charge is 2.21. The zero-order valence-corrected chi connectivity index (χ0v) is 15.5. The first kappa shape index (κ1) is 20.6. The van der Waals surface area contributed by atoms with Crippen LogP contribution in [0.1, 0.15) is 5.56 Å². The molecule has 142 valence electrons. The monoisotopic (exact) mass is 379 g/mol. The summed E-state index contributed by atoms with van der Waals surface area (Å²) in [6, 6.07) is 16.8. The van der Waals surface area contributed by atoms with Gasteiger partial charge >= 0.3 is 0 Å². The number of hydrogen-bond donors (Lipinski definition) is 1. The van der Waals surface area contributed by atoms with E-state index < -0.39 is 6.10 Å². The molecule has 2 aromatic carbocycles. The van der Waals surface area contributed by atoms with E-state index in [0.29, 0.717) is 25.4 Å². The van der Waals surface area contributed by atoms with E-state index in [-0.39, 0.29) is 18.2 Å². The molecule has 1 aliphatic rings. The van der Waals surface area contributed by atoms with Crippen LogP contribution in [0.2, 0.25) is 0 Å². The number of ether oxygens (including phenoxy) is 1. The van der Waals surface area contributed by atoms with Gasteiger partial charge in [0.25, 0.3) is 0 Å². The summed E-state index contributed by atoms with van der Waals surface area (Å²) in [4.78, 5) is 4.26. The van der Waals surface area contributed by atoms with Crippen LogP contribution in [0.5, 0.6) is 0 Å². The van der Waals surface area contributed by atoms with Gasteiger partial charge in [-0.25, -0.2) is 4.39 Å². The van der Waals surface area contributed by atoms with Crippen molar-refractivity contribution < 1.29 is 26.6 Å². The minimum absolute atomic E-state index is 0. The first-order valence-electron chi connectivity index (χ1n) is 8.74. The van der Waals surface area contributed by atoms with Gasteiger partial charge < -0.3 is 27.2 Å². The molecule has 0 amide bonds. The van der Waals surface area contributed by atoms with Crippen LogP contribution in [0.15, 0.2) is 54.6 Å². The molecule has 4 nitrogen and oxygen atoms in total. The van der Waals surface area contributed by atoms with Crippen LogP contribution in [0, 0.1) is 5.82 Å². The Balaban J connectivity index is 0.00000243. The summed E-state index contributed by atoms with van der Waals surface area (Å²) in [7, 11) is 0. The van der Waals surface area contributed by atoms with Crippen LogP contribution in [-0.4, -0.2) is 55.4 Å². The van der Waals surface area contributed by atoms with Gasteiger partial charge in [-0.05, 0) is 17.7 Å². The molecule has 2 aromatic rings. The fraction of sp³-hybridized carbons (Fsp3) is 0.400. The molecule has 0 bridgehead atoms. The Morgan fingerprint density at radius 2 is 1.62 bits per heavy atom. The zero-order valence-electron chi connectivity index (χ0n) is 14.7. The lowest BCUT2D eigenvalue weighted by Crippen LogP contribution is -3.00. The summed E-state index contributed by atoms with van der Waals surface area (Å²) in [6.07, 6.45) is -0.510. The van der Waals surface area contributed by atoms with Crippen LogP contribution in [-0.2, 0) is 11.3 Å². The van der Waals surface area contributed by atoms with E-state index in [0.717, 1.165) is 31.7 Å². The summed E-state index contributed by atoms with van der Waals surface area (Å²) in [5, 5.41) is 10.2. The largest absolute Gasteiger partial charge is 1.00 e. The van der Waals surface area contributed by atoms with Gasteiger partial charge in [0.2, 0.25) is 0 Å². The Hall–Kier alpha value is -1.66. The predicted molar refractivity (Wildman–Crippen MR) is 97.2 cm³/mol. The summed E-state index contributed by atoms with van der Waals surface area (Å²) < 4.78 is 19.4. The molecule has 1 heterocycles. The van der Waals surface area contributed by atoms with Gasteiger partial charge in [0, 0.05) is 32.7 Å². The molecule has 1 atom stereocenters. The Morgan fingerprint density at radius 3 is 2.31 bits per heavy atom. The maximum atomic E-state index is 13.8. The van der Waals surface area contributed by atoms with Crippen molar-refractivity contribution in [2.45, 2.75) is 12.7 Å². The molecular weight excluding hydrogens is 355 g/mol. The third-order valence-corrected chi connectivity index (χ3v) is 4.46. The second-order valence-electron chi connectivity index (χ2n) is 6.39. The van der Waals surface area contributed by atoms with Gasteiger partial charge in [0.05, 0.1) is 25.0 Å². The van der Waals surface area contributed by atoms with Crippen LogP contribution in [0.3, 0.4) is 0 Å². The van der Waals surface area contributed by atoms with Gasteiger partial charge in [-0.3, -0.25) is 4.90 Å². The fourth-order valence-electron chi connectivity index (χ4n) is 3.12. The van der Waals surface area contributed by atoms with E-state index in [9.17, 15) is 9.50 Å².